The summed E-state index contributed by atoms with van der Waals surface area (Å²) in [5.74, 6) is 1.33. The predicted octanol–water partition coefficient (Wildman–Crippen LogP) is 4.58. The molecule has 3 rings (SSSR count). The van der Waals surface area contributed by atoms with Crippen molar-refractivity contribution in [2.45, 2.75) is 18.4 Å². The van der Waals surface area contributed by atoms with Gasteiger partial charge in [0.1, 0.15) is 0 Å². The molecule has 116 valence electrons. The van der Waals surface area contributed by atoms with Gasteiger partial charge in [-0.25, -0.2) is 0 Å². The average molecular weight is 339 g/mol. The molecule has 0 bridgehead atoms. The maximum Gasteiger partial charge on any atom is 0.161 e. The Bertz CT molecular complexity index is 715. The van der Waals surface area contributed by atoms with Gasteiger partial charge in [-0.05, 0) is 47.4 Å². The first-order valence-electron chi connectivity index (χ1n) is 6.94. The highest BCUT2D eigenvalue weighted by Gasteiger charge is 2.32. The van der Waals surface area contributed by atoms with E-state index in [1.54, 1.807) is 20.3 Å². The van der Waals surface area contributed by atoms with Crippen LogP contribution < -0.4 is 9.47 Å². The van der Waals surface area contributed by atoms with E-state index in [0.717, 1.165) is 16.7 Å². The molecule has 0 amide bonds. The molecule has 1 aliphatic carbocycles. The van der Waals surface area contributed by atoms with Crippen LogP contribution in [-0.2, 0) is 0 Å². The fourth-order valence-electron chi connectivity index (χ4n) is 3.02. The first kappa shape index (κ1) is 15.5. The molecule has 0 saturated heterocycles. The number of ether oxygens (including phenoxy) is 2. The Kier molecular flexibility index (Phi) is 4.22. The second-order valence-corrected chi connectivity index (χ2v) is 6.13. The van der Waals surface area contributed by atoms with Gasteiger partial charge in [-0.3, -0.25) is 0 Å². The zero-order valence-corrected chi connectivity index (χ0v) is 13.8. The van der Waals surface area contributed by atoms with Crippen molar-refractivity contribution in [1.29, 1.82) is 0 Å². The van der Waals surface area contributed by atoms with Crippen LogP contribution in [0.3, 0.4) is 0 Å². The lowest BCUT2D eigenvalue weighted by Gasteiger charge is -2.15. The van der Waals surface area contributed by atoms with Crippen molar-refractivity contribution in [1.82, 2.24) is 0 Å². The molecular formula is C17H16Cl2O3. The zero-order chi connectivity index (χ0) is 15.9. The maximum absolute atomic E-state index is 10.4. The lowest BCUT2D eigenvalue weighted by Crippen LogP contribution is -1.98. The van der Waals surface area contributed by atoms with Gasteiger partial charge in [-0.15, -0.1) is 0 Å². The van der Waals surface area contributed by atoms with Crippen molar-refractivity contribution in [2.75, 3.05) is 14.2 Å². The molecule has 0 radical (unpaired) electrons. The van der Waals surface area contributed by atoms with E-state index in [2.05, 4.69) is 0 Å². The lowest BCUT2D eigenvalue weighted by atomic mass is 9.93. The fraction of sp³-hybridized carbons (Fsp3) is 0.294. The largest absolute Gasteiger partial charge is 0.493 e. The molecule has 1 N–H and O–H groups in total. The summed E-state index contributed by atoms with van der Waals surface area (Å²) in [7, 11) is 3.19. The number of halogens is 2. The second kappa shape index (κ2) is 5.99. The fourth-order valence-corrected chi connectivity index (χ4v) is 3.33. The highest BCUT2D eigenvalue weighted by molar-refractivity contribution is 6.42. The minimum atomic E-state index is -0.533. The van der Waals surface area contributed by atoms with Crippen molar-refractivity contribution in [3.05, 3.63) is 57.1 Å². The van der Waals surface area contributed by atoms with Crippen LogP contribution in [-0.4, -0.2) is 19.3 Å². The van der Waals surface area contributed by atoms with E-state index in [9.17, 15) is 5.11 Å². The molecule has 0 unspecified atom stereocenters. The molecule has 0 fully saturated rings. The van der Waals surface area contributed by atoms with Crippen LogP contribution in [0.15, 0.2) is 30.3 Å². The van der Waals surface area contributed by atoms with E-state index in [4.69, 9.17) is 32.7 Å². The van der Waals surface area contributed by atoms with Crippen LogP contribution in [0.2, 0.25) is 10.0 Å². The van der Waals surface area contributed by atoms with Crippen LogP contribution in [0.5, 0.6) is 11.5 Å². The van der Waals surface area contributed by atoms with E-state index in [1.165, 1.54) is 0 Å². The summed E-state index contributed by atoms with van der Waals surface area (Å²) in [6.45, 7) is 0. The first-order chi connectivity index (χ1) is 10.5. The Morgan fingerprint density at radius 1 is 0.955 bits per heavy atom. The molecule has 2 aromatic carbocycles. The van der Waals surface area contributed by atoms with Gasteiger partial charge in [0.05, 0.1) is 30.4 Å². The number of methoxy groups -OCH3 is 2. The van der Waals surface area contributed by atoms with Gasteiger partial charge in [-0.2, -0.15) is 0 Å². The highest BCUT2D eigenvalue weighted by atomic mass is 35.5. The van der Waals surface area contributed by atoms with Crippen LogP contribution in [0.25, 0.3) is 0 Å². The van der Waals surface area contributed by atoms with Gasteiger partial charge in [0, 0.05) is 5.92 Å². The summed E-state index contributed by atoms with van der Waals surface area (Å²) in [4.78, 5) is 0. The Morgan fingerprint density at radius 3 is 2.18 bits per heavy atom. The summed E-state index contributed by atoms with van der Waals surface area (Å²) in [5, 5.41) is 11.4. The molecule has 1 aliphatic rings. The van der Waals surface area contributed by atoms with Gasteiger partial charge < -0.3 is 14.6 Å². The number of fused-ring (bicyclic) bond motifs is 1. The normalized spacial score (nSPS) is 19.9. The van der Waals surface area contributed by atoms with Gasteiger partial charge in [0.25, 0.3) is 0 Å². The van der Waals surface area contributed by atoms with E-state index in [-0.39, 0.29) is 5.92 Å². The summed E-state index contributed by atoms with van der Waals surface area (Å²) in [6.07, 6.45) is 0.0677. The number of benzene rings is 2. The maximum atomic E-state index is 10.4. The summed E-state index contributed by atoms with van der Waals surface area (Å²) < 4.78 is 10.7. The minimum Gasteiger partial charge on any atom is -0.493 e. The molecule has 5 heteroatoms. The zero-order valence-electron chi connectivity index (χ0n) is 12.3. The van der Waals surface area contributed by atoms with Crippen LogP contribution in [0.4, 0.5) is 0 Å². The summed E-state index contributed by atoms with van der Waals surface area (Å²) >= 11 is 12.1. The summed E-state index contributed by atoms with van der Waals surface area (Å²) in [5.41, 5.74) is 2.93. The van der Waals surface area contributed by atoms with E-state index in [1.807, 2.05) is 24.3 Å². The minimum absolute atomic E-state index is 0.0552. The van der Waals surface area contributed by atoms with Crippen molar-refractivity contribution >= 4 is 23.2 Å². The average Bonchev–Trinajstić information content (AvgIpc) is 2.85. The molecule has 0 aliphatic heterocycles. The molecule has 0 heterocycles. The molecule has 3 nitrogen and oxygen atoms in total. The van der Waals surface area contributed by atoms with Crippen LogP contribution in [0, 0.1) is 0 Å². The highest BCUT2D eigenvalue weighted by Crippen LogP contribution is 2.48. The van der Waals surface area contributed by atoms with Gasteiger partial charge >= 0.3 is 0 Å². The second-order valence-electron chi connectivity index (χ2n) is 5.31. The molecule has 22 heavy (non-hydrogen) atoms. The number of hydrogen-bond donors (Lipinski definition) is 1. The molecule has 0 aromatic heterocycles. The molecule has 0 spiro atoms. The Labute approximate surface area is 139 Å². The van der Waals surface area contributed by atoms with E-state index < -0.39 is 6.10 Å². The molecule has 2 atom stereocenters. The third-order valence-corrected chi connectivity index (χ3v) is 4.87. The SMILES string of the molecule is COc1cc2c(cc1OC)[C@H](O)C[C@@H]2c1ccc(Cl)c(Cl)c1. The number of aliphatic hydroxyl groups is 1. The van der Waals surface area contributed by atoms with Crippen molar-refractivity contribution in [3.63, 3.8) is 0 Å². The van der Waals surface area contributed by atoms with Crippen LogP contribution >= 0.6 is 23.2 Å². The monoisotopic (exact) mass is 338 g/mol. The lowest BCUT2D eigenvalue weighted by molar-refractivity contribution is 0.176. The summed E-state index contributed by atoms with van der Waals surface area (Å²) in [6, 6.07) is 9.35. The number of aliphatic hydroxyl groups excluding tert-OH is 1. The van der Waals surface area contributed by atoms with Crippen molar-refractivity contribution in [2.24, 2.45) is 0 Å². The van der Waals surface area contributed by atoms with E-state index >= 15 is 0 Å². The van der Waals surface area contributed by atoms with Gasteiger partial charge in [0.2, 0.25) is 0 Å². The smallest absolute Gasteiger partial charge is 0.161 e. The standard InChI is InChI=1S/C17H16Cl2O3/c1-21-16-7-11-10(9-3-4-13(18)14(19)5-9)6-15(20)12(11)8-17(16)22-2/h3-5,7-8,10,15,20H,6H2,1-2H3/t10-,15-/m1/s1. The Balaban J connectivity index is 2.10. The predicted molar refractivity (Wildman–Crippen MR) is 87.4 cm³/mol. The van der Waals surface area contributed by atoms with Crippen LogP contribution in [0.1, 0.15) is 35.1 Å². The first-order valence-corrected chi connectivity index (χ1v) is 7.69. The van der Waals surface area contributed by atoms with Gasteiger partial charge in [-0.1, -0.05) is 29.3 Å². The third-order valence-electron chi connectivity index (χ3n) is 4.13. The molecule has 0 saturated carbocycles. The molecule has 2 aromatic rings. The quantitative estimate of drug-likeness (QED) is 0.890. The third kappa shape index (κ3) is 2.54. The van der Waals surface area contributed by atoms with E-state index in [0.29, 0.717) is 28.0 Å². The number of hydrogen-bond acceptors (Lipinski definition) is 3. The number of rotatable bonds is 3. The van der Waals surface area contributed by atoms with Crippen molar-refractivity contribution < 1.29 is 14.6 Å². The topological polar surface area (TPSA) is 38.7 Å². The molecular weight excluding hydrogens is 323 g/mol. The Hall–Kier alpha value is -1.42. The van der Waals surface area contributed by atoms with Crippen molar-refractivity contribution in [3.8, 4) is 11.5 Å². The van der Waals surface area contributed by atoms with Gasteiger partial charge in [0.15, 0.2) is 11.5 Å². The Morgan fingerprint density at radius 2 is 1.59 bits per heavy atom.